The molecule has 30 heavy (non-hydrogen) atoms. The second-order valence-electron chi connectivity index (χ2n) is 9.41. The summed E-state index contributed by atoms with van der Waals surface area (Å²) in [6, 6.07) is 0. The predicted molar refractivity (Wildman–Crippen MR) is 112 cm³/mol. The Balaban J connectivity index is 2.14. The van der Waals surface area contributed by atoms with Gasteiger partial charge in [0.1, 0.15) is 11.3 Å². The molecule has 0 unspecified atom stereocenters. The Kier molecular flexibility index (Phi) is 7.17. The minimum Gasteiger partial charge on any atom is -0.465 e. The van der Waals surface area contributed by atoms with Crippen LogP contribution in [0.3, 0.4) is 0 Å². The van der Waals surface area contributed by atoms with E-state index in [0.29, 0.717) is 25.1 Å². The Morgan fingerprint density at radius 1 is 1.10 bits per heavy atom. The molecule has 1 aliphatic rings. The summed E-state index contributed by atoms with van der Waals surface area (Å²) >= 11 is 6.34. The summed E-state index contributed by atoms with van der Waals surface area (Å²) in [6.45, 7) is 9.54. The van der Waals surface area contributed by atoms with Crippen molar-refractivity contribution < 1.29 is 28.7 Å². The molecule has 0 atom stereocenters. The first-order valence-corrected chi connectivity index (χ1v) is 10.4. The Hall–Kier alpha value is -2.15. The summed E-state index contributed by atoms with van der Waals surface area (Å²) in [5.41, 5.74) is -0.306. The van der Waals surface area contributed by atoms with Gasteiger partial charge in [0.25, 0.3) is 0 Å². The zero-order valence-corrected chi connectivity index (χ0v) is 19.3. The molecule has 1 aliphatic heterocycles. The topological polar surface area (TPSA) is 91.7 Å². The fraction of sp³-hybridized carbons (Fsp3) is 0.636. The minimum absolute atomic E-state index is 0.0264. The van der Waals surface area contributed by atoms with E-state index >= 15 is 0 Å². The van der Waals surface area contributed by atoms with Gasteiger partial charge in [0, 0.05) is 25.1 Å². The van der Waals surface area contributed by atoms with Crippen molar-refractivity contribution in [1.29, 1.82) is 0 Å². The molecule has 7 nitrogen and oxygen atoms in total. The zero-order chi connectivity index (χ0) is 22.9. The van der Waals surface area contributed by atoms with Crippen LogP contribution in [-0.4, -0.2) is 40.8 Å². The Morgan fingerprint density at radius 3 is 2.30 bits per heavy atom. The smallest absolute Gasteiger partial charge is 0.341 e. The van der Waals surface area contributed by atoms with Crippen molar-refractivity contribution in [2.45, 2.75) is 78.9 Å². The SMILES string of the molecule is COC(=O)c1c(Cl)c(C(=O)C(=O)CC(C)(C)CCC(=O)OC(C)(C)C)n2c1CCC2. The number of esters is 2. The number of ether oxygens (including phenoxy) is 2. The van der Waals surface area contributed by atoms with E-state index in [0.717, 1.165) is 6.42 Å². The van der Waals surface area contributed by atoms with Crippen molar-refractivity contribution in [2.24, 2.45) is 5.41 Å². The molecule has 0 spiro atoms. The van der Waals surface area contributed by atoms with Gasteiger partial charge in [-0.3, -0.25) is 14.4 Å². The van der Waals surface area contributed by atoms with E-state index in [-0.39, 0.29) is 35.1 Å². The van der Waals surface area contributed by atoms with Crippen LogP contribution in [0.4, 0.5) is 0 Å². The molecule has 0 saturated heterocycles. The number of methoxy groups -OCH3 is 1. The summed E-state index contributed by atoms with van der Waals surface area (Å²) < 4.78 is 11.7. The maximum Gasteiger partial charge on any atom is 0.341 e. The van der Waals surface area contributed by atoms with Crippen LogP contribution >= 0.6 is 11.6 Å². The highest BCUT2D eigenvalue weighted by molar-refractivity contribution is 6.48. The number of hydrogen-bond donors (Lipinski definition) is 0. The number of Topliss-reactive ketones (excluding diaryl/α,β-unsaturated/α-hetero) is 2. The summed E-state index contributed by atoms with van der Waals surface area (Å²) in [7, 11) is 1.25. The second kappa shape index (κ2) is 8.92. The normalized spacial score (nSPS) is 13.7. The van der Waals surface area contributed by atoms with Gasteiger partial charge in [-0.25, -0.2) is 4.79 Å². The highest BCUT2D eigenvalue weighted by Crippen LogP contribution is 2.35. The number of aromatic nitrogens is 1. The molecule has 8 heteroatoms. The molecule has 0 aromatic carbocycles. The third-order valence-corrected chi connectivity index (χ3v) is 5.40. The van der Waals surface area contributed by atoms with Crippen molar-refractivity contribution in [3.05, 3.63) is 22.0 Å². The number of fused-ring (bicyclic) bond motifs is 1. The molecule has 0 aliphatic carbocycles. The van der Waals surface area contributed by atoms with Crippen molar-refractivity contribution >= 4 is 35.1 Å². The third-order valence-electron chi connectivity index (χ3n) is 5.03. The monoisotopic (exact) mass is 439 g/mol. The summed E-state index contributed by atoms with van der Waals surface area (Å²) in [4.78, 5) is 49.8. The van der Waals surface area contributed by atoms with Gasteiger partial charge in [0.15, 0.2) is 0 Å². The predicted octanol–water partition coefficient (Wildman–Crippen LogP) is 4.16. The summed E-state index contributed by atoms with van der Waals surface area (Å²) in [6.07, 6.45) is 1.85. The maximum atomic E-state index is 13.0. The van der Waals surface area contributed by atoms with Gasteiger partial charge in [-0.1, -0.05) is 25.4 Å². The van der Waals surface area contributed by atoms with Gasteiger partial charge in [-0.2, -0.15) is 0 Å². The third kappa shape index (κ3) is 5.50. The molecule has 166 valence electrons. The lowest BCUT2D eigenvalue weighted by molar-refractivity contribution is -0.155. The van der Waals surface area contributed by atoms with Crippen LogP contribution in [0.5, 0.6) is 0 Å². The number of ketones is 2. The zero-order valence-electron chi connectivity index (χ0n) is 18.5. The number of carbonyl (C=O) groups excluding carboxylic acids is 4. The van der Waals surface area contributed by atoms with Crippen LogP contribution in [0.1, 0.15) is 86.8 Å². The highest BCUT2D eigenvalue weighted by Gasteiger charge is 2.36. The van der Waals surface area contributed by atoms with E-state index < -0.39 is 28.6 Å². The molecule has 2 rings (SSSR count). The van der Waals surface area contributed by atoms with Crippen molar-refractivity contribution in [2.75, 3.05) is 7.11 Å². The van der Waals surface area contributed by atoms with E-state index in [4.69, 9.17) is 21.1 Å². The van der Waals surface area contributed by atoms with Gasteiger partial charge < -0.3 is 14.0 Å². The molecule has 0 N–H and O–H groups in total. The molecule has 2 heterocycles. The molecule has 0 amide bonds. The lowest BCUT2D eigenvalue weighted by Crippen LogP contribution is -2.27. The molecule has 0 radical (unpaired) electrons. The van der Waals surface area contributed by atoms with Crippen LogP contribution in [0.15, 0.2) is 0 Å². The van der Waals surface area contributed by atoms with Gasteiger partial charge in [0.2, 0.25) is 11.6 Å². The van der Waals surface area contributed by atoms with Gasteiger partial charge in [0.05, 0.1) is 17.7 Å². The van der Waals surface area contributed by atoms with Crippen LogP contribution in [-0.2, 0) is 32.0 Å². The quantitative estimate of drug-likeness (QED) is 0.343. The Labute approximate surface area is 182 Å². The Morgan fingerprint density at radius 2 is 1.73 bits per heavy atom. The first-order valence-electron chi connectivity index (χ1n) is 10.1. The number of nitrogens with zero attached hydrogens (tertiary/aromatic N) is 1. The summed E-state index contributed by atoms with van der Waals surface area (Å²) in [5, 5.41) is -0.0264. The van der Waals surface area contributed by atoms with E-state index in [1.165, 1.54) is 7.11 Å². The number of carbonyl (C=O) groups is 4. The van der Waals surface area contributed by atoms with Gasteiger partial charge in [-0.05, 0) is 45.4 Å². The first-order chi connectivity index (χ1) is 13.8. The minimum atomic E-state index is -0.719. The molecule has 0 saturated carbocycles. The van der Waals surface area contributed by atoms with Gasteiger partial charge >= 0.3 is 11.9 Å². The molecule has 1 aromatic rings. The van der Waals surface area contributed by atoms with E-state index in [1.807, 2.05) is 13.8 Å². The Bertz CT molecular complexity index is 875. The van der Waals surface area contributed by atoms with Crippen molar-refractivity contribution in [3.63, 3.8) is 0 Å². The van der Waals surface area contributed by atoms with E-state index in [9.17, 15) is 19.2 Å². The average molecular weight is 440 g/mol. The largest absolute Gasteiger partial charge is 0.465 e. The second-order valence-corrected chi connectivity index (χ2v) is 9.79. The standard InChI is InChI=1S/C22H30ClNO6/c1-21(2,3)30-15(26)9-10-22(4,5)12-14(25)19(27)18-17(23)16(20(28)29-6)13-8-7-11-24(13)18/h7-12H2,1-6H3. The number of halogens is 1. The van der Waals surface area contributed by atoms with E-state index in [1.54, 1.807) is 25.3 Å². The maximum absolute atomic E-state index is 13.0. The first kappa shape index (κ1) is 24.1. The summed E-state index contributed by atoms with van der Waals surface area (Å²) in [5.74, 6) is -2.28. The van der Waals surface area contributed by atoms with Crippen LogP contribution in [0.25, 0.3) is 0 Å². The molecular weight excluding hydrogens is 410 g/mol. The molecular formula is C22H30ClNO6. The lowest BCUT2D eigenvalue weighted by atomic mass is 9.81. The van der Waals surface area contributed by atoms with Crippen LogP contribution in [0.2, 0.25) is 5.02 Å². The number of rotatable bonds is 8. The van der Waals surface area contributed by atoms with E-state index in [2.05, 4.69) is 0 Å². The van der Waals surface area contributed by atoms with Crippen molar-refractivity contribution in [3.8, 4) is 0 Å². The highest BCUT2D eigenvalue weighted by atomic mass is 35.5. The fourth-order valence-corrected chi connectivity index (χ4v) is 4.02. The van der Waals surface area contributed by atoms with Crippen LogP contribution in [0, 0.1) is 5.41 Å². The lowest BCUT2D eigenvalue weighted by Gasteiger charge is -2.25. The average Bonchev–Trinajstić information content (AvgIpc) is 3.16. The molecule has 0 fully saturated rings. The van der Waals surface area contributed by atoms with Crippen molar-refractivity contribution in [1.82, 2.24) is 4.57 Å². The molecule has 1 aromatic heterocycles. The van der Waals surface area contributed by atoms with Gasteiger partial charge in [-0.15, -0.1) is 0 Å². The number of hydrogen-bond acceptors (Lipinski definition) is 6. The fourth-order valence-electron chi connectivity index (χ4n) is 3.64. The van der Waals surface area contributed by atoms with Crippen LogP contribution < -0.4 is 0 Å². The molecule has 0 bridgehead atoms.